The lowest BCUT2D eigenvalue weighted by molar-refractivity contribution is -0.123. The molecule has 2 nitrogen and oxygen atoms in total. The monoisotopic (exact) mass is 385 g/mol. The molecule has 0 aromatic heterocycles. The lowest BCUT2D eigenvalue weighted by Crippen LogP contribution is -2.44. The molecule has 0 amide bonds. The van der Waals surface area contributed by atoms with E-state index in [2.05, 4.69) is 69.2 Å². The zero-order chi connectivity index (χ0) is 20.9. The summed E-state index contributed by atoms with van der Waals surface area (Å²) in [6.07, 6.45) is 1.16. The van der Waals surface area contributed by atoms with Gasteiger partial charge in [-0.1, -0.05) is 84.9 Å². The van der Waals surface area contributed by atoms with Gasteiger partial charge in [0.25, 0.3) is 0 Å². The molecule has 3 rings (SSSR count). The van der Waals surface area contributed by atoms with Crippen molar-refractivity contribution < 1.29 is 4.79 Å². The van der Waals surface area contributed by atoms with Crippen LogP contribution in [-0.2, 0) is 16.6 Å². The number of aryl methyl sites for hydroxylation is 1. The largest absolute Gasteiger partial charge is 0.307 e. The molecule has 0 aliphatic heterocycles. The van der Waals surface area contributed by atoms with Crippen LogP contribution < -0.4 is 0 Å². The Bertz CT molecular complexity index is 892. The van der Waals surface area contributed by atoms with Gasteiger partial charge >= 0.3 is 0 Å². The summed E-state index contributed by atoms with van der Waals surface area (Å²) in [7, 11) is 4.16. The molecule has 0 saturated heterocycles. The average molecular weight is 386 g/mol. The van der Waals surface area contributed by atoms with E-state index in [0.717, 1.165) is 28.7 Å². The molecular formula is C27H31NO. The van der Waals surface area contributed by atoms with E-state index in [1.54, 1.807) is 0 Å². The van der Waals surface area contributed by atoms with Crippen LogP contribution in [0.1, 0.15) is 35.6 Å². The Balaban J connectivity index is 2.17. The zero-order valence-corrected chi connectivity index (χ0v) is 17.9. The third kappa shape index (κ3) is 4.49. The fourth-order valence-corrected chi connectivity index (χ4v) is 4.04. The van der Waals surface area contributed by atoms with Gasteiger partial charge in [-0.05, 0) is 56.6 Å². The minimum atomic E-state index is -0.686. The van der Waals surface area contributed by atoms with Crippen molar-refractivity contribution in [2.45, 2.75) is 38.1 Å². The van der Waals surface area contributed by atoms with Crippen molar-refractivity contribution in [1.82, 2.24) is 4.90 Å². The van der Waals surface area contributed by atoms with Crippen LogP contribution in [0, 0.1) is 6.92 Å². The average Bonchev–Trinajstić information content (AvgIpc) is 2.74. The van der Waals surface area contributed by atoms with E-state index in [-0.39, 0.29) is 11.8 Å². The van der Waals surface area contributed by atoms with E-state index < -0.39 is 5.41 Å². The van der Waals surface area contributed by atoms with Gasteiger partial charge in [-0.3, -0.25) is 4.79 Å². The second-order valence-electron chi connectivity index (χ2n) is 8.18. The number of hydrogen-bond acceptors (Lipinski definition) is 2. The molecule has 3 aromatic rings. The first-order valence-corrected chi connectivity index (χ1v) is 10.3. The van der Waals surface area contributed by atoms with Crippen LogP contribution in [0.2, 0.25) is 0 Å². The lowest BCUT2D eigenvalue weighted by atomic mass is 9.66. The Morgan fingerprint density at radius 2 is 1.31 bits per heavy atom. The van der Waals surface area contributed by atoms with Crippen molar-refractivity contribution in [3.05, 3.63) is 107 Å². The molecule has 0 radical (unpaired) electrons. The molecule has 0 aliphatic rings. The van der Waals surface area contributed by atoms with Crippen LogP contribution in [0.3, 0.4) is 0 Å². The zero-order valence-electron chi connectivity index (χ0n) is 17.9. The topological polar surface area (TPSA) is 20.3 Å². The Hall–Kier alpha value is -2.71. The van der Waals surface area contributed by atoms with Crippen molar-refractivity contribution in [2.24, 2.45) is 0 Å². The number of carbonyl (C=O) groups excluding carboxylic acids is 1. The van der Waals surface area contributed by atoms with Crippen LogP contribution in [0.15, 0.2) is 84.9 Å². The maximum Gasteiger partial charge on any atom is 0.152 e. The molecule has 0 aliphatic carbocycles. The second kappa shape index (κ2) is 9.19. The summed E-state index contributed by atoms with van der Waals surface area (Å²) in [5, 5.41) is 0. The summed E-state index contributed by atoms with van der Waals surface area (Å²) in [5.74, 6) is 0.248. The minimum Gasteiger partial charge on any atom is -0.307 e. The SMILES string of the molecule is Cc1ccccc1CC(=O)C(C[C@H](C)N(C)C)(c1ccccc1)c1ccccc1. The van der Waals surface area contributed by atoms with E-state index in [0.29, 0.717) is 6.42 Å². The molecule has 0 unspecified atom stereocenters. The molecule has 0 N–H and O–H groups in total. The number of benzene rings is 3. The smallest absolute Gasteiger partial charge is 0.152 e. The standard InChI is InChI=1S/C27H31NO/c1-21-13-11-12-14-23(21)19-26(29)27(20-22(2)28(3)4,24-15-7-5-8-16-24)25-17-9-6-10-18-25/h5-18,22H,19-20H2,1-4H3/t22-/m0/s1. The molecule has 2 heteroatoms. The molecule has 0 spiro atoms. The van der Waals surface area contributed by atoms with Crippen LogP contribution in [0.5, 0.6) is 0 Å². The second-order valence-corrected chi connectivity index (χ2v) is 8.18. The highest BCUT2D eigenvalue weighted by Crippen LogP contribution is 2.39. The maximum absolute atomic E-state index is 14.1. The highest BCUT2D eigenvalue weighted by atomic mass is 16.1. The number of carbonyl (C=O) groups is 1. The molecule has 1 atom stereocenters. The summed E-state index contributed by atoms with van der Waals surface area (Å²) in [5.41, 5.74) is 3.72. The third-order valence-electron chi connectivity index (χ3n) is 6.10. The number of hydrogen-bond donors (Lipinski definition) is 0. The Kier molecular flexibility index (Phi) is 6.66. The summed E-state index contributed by atoms with van der Waals surface area (Å²) in [6, 6.07) is 29.0. The highest BCUT2D eigenvalue weighted by molar-refractivity contribution is 5.95. The Morgan fingerprint density at radius 3 is 1.79 bits per heavy atom. The lowest BCUT2D eigenvalue weighted by Gasteiger charge is -2.38. The van der Waals surface area contributed by atoms with Crippen molar-refractivity contribution >= 4 is 5.78 Å². The van der Waals surface area contributed by atoms with E-state index in [4.69, 9.17) is 0 Å². The Morgan fingerprint density at radius 1 is 0.828 bits per heavy atom. The predicted octanol–water partition coefficient (Wildman–Crippen LogP) is 5.43. The van der Waals surface area contributed by atoms with E-state index in [1.807, 2.05) is 48.5 Å². The van der Waals surface area contributed by atoms with Crippen molar-refractivity contribution in [2.75, 3.05) is 14.1 Å². The van der Waals surface area contributed by atoms with Crippen LogP contribution in [0.25, 0.3) is 0 Å². The highest BCUT2D eigenvalue weighted by Gasteiger charge is 2.42. The van der Waals surface area contributed by atoms with Gasteiger partial charge in [-0.15, -0.1) is 0 Å². The van der Waals surface area contributed by atoms with Crippen molar-refractivity contribution in [3.8, 4) is 0 Å². The normalized spacial score (nSPS) is 12.7. The van der Waals surface area contributed by atoms with Gasteiger partial charge in [-0.2, -0.15) is 0 Å². The molecular weight excluding hydrogens is 354 g/mol. The summed E-state index contributed by atoms with van der Waals surface area (Å²) in [6.45, 7) is 4.28. The van der Waals surface area contributed by atoms with E-state index in [9.17, 15) is 4.79 Å². The van der Waals surface area contributed by atoms with Gasteiger partial charge in [0, 0.05) is 12.5 Å². The van der Waals surface area contributed by atoms with E-state index >= 15 is 0 Å². The molecule has 0 saturated carbocycles. The van der Waals surface area contributed by atoms with Gasteiger partial charge in [-0.25, -0.2) is 0 Å². The van der Waals surface area contributed by atoms with Gasteiger partial charge in [0.2, 0.25) is 0 Å². The van der Waals surface area contributed by atoms with Crippen LogP contribution >= 0.6 is 0 Å². The first-order chi connectivity index (χ1) is 13.9. The predicted molar refractivity (Wildman–Crippen MR) is 121 cm³/mol. The van der Waals surface area contributed by atoms with Gasteiger partial charge in [0.05, 0.1) is 5.41 Å². The molecule has 29 heavy (non-hydrogen) atoms. The van der Waals surface area contributed by atoms with Gasteiger partial charge in [0.15, 0.2) is 5.78 Å². The van der Waals surface area contributed by atoms with Gasteiger partial charge in [0.1, 0.15) is 0 Å². The number of rotatable bonds is 8. The molecule has 0 fully saturated rings. The van der Waals surface area contributed by atoms with Crippen molar-refractivity contribution in [3.63, 3.8) is 0 Å². The number of ketones is 1. The summed E-state index contributed by atoms with van der Waals surface area (Å²) in [4.78, 5) is 16.3. The Labute approximate surface area is 175 Å². The molecule has 150 valence electrons. The number of Topliss-reactive ketones (excluding diaryl/α,β-unsaturated/α-hetero) is 1. The fraction of sp³-hybridized carbons (Fsp3) is 0.296. The maximum atomic E-state index is 14.1. The van der Waals surface area contributed by atoms with E-state index in [1.165, 1.54) is 0 Å². The first-order valence-electron chi connectivity index (χ1n) is 10.3. The fourth-order valence-electron chi connectivity index (χ4n) is 4.04. The van der Waals surface area contributed by atoms with Crippen LogP contribution in [0.4, 0.5) is 0 Å². The van der Waals surface area contributed by atoms with Crippen LogP contribution in [-0.4, -0.2) is 30.8 Å². The summed E-state index contributed by atoms with van der Waals surface area (Å²) < 4.78 is 0. The minimum absolute atomic E-state index is 0.247. The molecule has 0 heterocycles. The van der Waals surface area contributed by atoms with Gasteiger partial charge < -0.3 is 4.90 Å². The number of nitrogens with zero attached hydrogens (tertiary/aromatic N) is 1. The van der Waals surface area contributed by atoms with Crippen molar-refractivity contribution in [1.29, 1.82) is 0 Å². The summed E-state index contributed by atoms with van der Waals surface area (Å²) >= 11 is 0. The third-order valence-corrected chi connectivity index (χ3v) is 6.10. The molecule has 0 bridgehead atoms. The molecule has 3 aromatic carbocycles. The first kappa shape index (κ1) is 21.0. The quantitative estimate of drug-likeness (QED) is 0.515.